The first kappa shape index (κ1) is 13.2. The van der Waals surface area contributed by atoms with E-state index in [2.05, 4.69) is 47.0 Å². The van der Waals surface area contributed by atoms with E-state index in [0.717, 1.165) is 25.1 Å². The van der Waals surface area contributed by atoms with Gasteiger partial charge >= 0.3 is 0 Å². The Morgan fingerprint density at radius 1 is 1.39 bits per heavy atom. The molecule has 96 valence electrons. The molecule has 0 fully saturated rings. The number of rotatable bonds is 6. The Morgan fingerprint density at radius 3 is 2.94 bits per heavy atom. The first-order valence-electron chi connectivity index (χ1n) is 6.47. The zero-order chi connectivity index (χ0) is 12.8. The standard InChI is InChI=1S/C15H20N2S/c1-3-16-15(7-6-13-8-10-18-11-13)14-5-4-9-17-12(14)2/h4-5,8-11,15-16H,3,6-7H2,1-2H3. The van der Waals surface area contributed by atoms with Crippen molar-refractivity contribution in [3.63, 3.8) is 0 Å². The summed E-state index contributed by atoms with van der Waals surface area (Å²) >= 11 is 1.77. The molecule has 0 saturated carbocycles. The summed E-state index contributed by atoms with van der Waals surface area (Å²) in [5, 5.41) is 7.95. The Morgan fingerprint density at radius 2 is 2.28 bits per heavy atom. The van der Waals surface area contributed by atoms with E-state index < -0.39 is 0 Å². The monoisotopic (exact) mass is 260 g/mol. The van der Waals surface area contributed by atoms with Crippen LogP contribution >= 0.6 is 11.3 Å². The van der Waals surface area contributed by atoms with Crippen molar-refractivity contribution in [1.29, 1.82) is 0 Å². The molecule has 2 aromatic rings. The third-order valence-electron chi connectivity index (χ3n) is 3.18. The van der Waals surface area contributed by atoms with Crippen LogP contribution in [0.15, 0.2) is 35.2 Å². The lowest BCUT2D eigenvalue weighted by molar-refractivity contribution is 0.511. The van der Waals surface area contributed by atoms with E-state index in [4.69, 9.17) is 0 Å². The molecule has 0 bridgehead atoms. The van der Waals surface area contributed by atoms with Gasteiger partial charge in [0.25, 0.3) is 0 Å². The molecule has 18 heavy (non-hydrogen) atoms. The number of pyridine rings is 1. The van der Waals surface area contributed by atoms with E-state index in [-0.39, 0.29) is 0 Å². The predicted octanol–water partition coefficient (Wildman–Crippen LogP) is 3.73. The van der Waals surface area contributed by atoms with Crippen molar-refractivity contribution in [3.05, 3.63) is 52.0 Å². The van der Waals surface area contributed by atoms with Gasteiger partial charge in [-0.3, -0.25) is 4.98 Å². The van der Waals surface area contributed by atoms with Gasteiger partial charge in [-0.1, -0.05) is 13.0 Å². The molecule has 0 amide bonds. The second-order valence-corrected chi connectivity index (χ2v) is 5.24. The Kier molecular flexibility index (Phi) is 4.90. The minimum absolute atomic E-state index is 0.406. The normalized spacial score (nSPS) is 12.6. The molecule has 2 aromatic heterocycles. The van der Waals surface area contributed by atoms with Crippen LogP contribution in [0.1, 0.15) is 36.2 Å². The van der Waals surface area contributed by atoms with Gasteiger partial charge in [0.1, 0.15) is 0 Å². The number of nitrogens with zero attached hydrogens (tertiary/aromatic N) is 1. The van der Waals surface area contributed by atoms with Crippen molar-refractivity contribution in [2.45, 2.75) is 32.7 Å². The summed E-state index contributed by atoms with van der Waals surface area (Å²) in [7, 11) is 0. The fourth-order valence-corrected chi connectivity index (χ4v) is 2.93. The molecule has 2 heterocycles. The summed E-state index contributed by atoms with van der Waals surface area (Å²) in [5.41, 5.74) is 3.90. The molecule has 0 radical (unpaired) electrons. The largest absolute Gasteiger partial charge is 0.310 e. The lowest BCUT2D eigenvalue weighted by Crippen LogP contribution is -2.22. The van der Waals surface area contributed by atoms with Gasteiger partial charge in [0.05, 0.1) is 0 Å². The molecule has 1 N–H and O–H groups in total. The molecule has 0 aromatic carbocycles. The molecule has 0 aliphatic heterocycles. The lowest BCUT2D eigenvalue weighted by Gasteiger charge is -2.19. The van der Waals surface area contributed by atoms with Crippen molar-refractivity contribution in [3.8, 4) is 0 Å². The van der Waals surface area contributed by atoms with Crippen molar-refractivity contribution in [1.82, 2.24) is 10.3 Å². The second kappa shape index (κ2) is 6.66. The summed E-state index contributed by atoms with van der Waals surface area (Å²) in [6.07, 6.45) is 4.10. The van der Waals surface area contributed by atoms with Gasteiger partial charge < -0.3 is 5.32 Å². The maximum Gasteiger partial charge on any atom is 0.0420 e. The summed E-state index contributed by atoms with van der Waals surface area (Å²) < 4.78 is 0. The number of aryl methyl sites for hydroxylation is 2. The lowest BCUT2D eigenvalue weighted by atomic mass is 9.99. The quantitative estimate of drug-likeness (QED) is 0.856. The number of thiophene rings is 1. The highest BCUT2D eigenvalue weighted by atomic mass is 32.1. The van der Waals surface area contributed by atoms with Gasteiger partial charge in [-0.05, 0) is 60.3 Å². The number of hydrogen-bond acceptors (Lipinski definition) is 3. The van der Waals surface area contributed by atoms with Crippen LogP contribution in [0.25, 0.3) is 0 Å². The van der Waals surface area contributed by atoms with Crippen molar-refractivity contribution >= 4 is 11.3 Å². The zero-order valence-electron chi connectivity index (χ0n) is 11.0. The molecule has 0 aliphatic rings. The van der Waals surface area contributed by atoms with E-state index in [0.29, 0.717) is 6.04 Å². The van der Waals surface area contributed by atoms with Crippen molar-refractivity contribution in [2.75, 3.05) is 6.54 Å². The van der Waals surface area contributed by atoms with Crippen LogP contribution in [0, 0.1) is 6.92 Å². The van der Waals surface area contributed by atoms with E-state index in [1.165, 1.54) is 11.1 Å². The van der Waals surface area contributed by atoms with E-state index >= 15 is 0 Å². The first-order valence-corrected chi connectivity index (χ1v) is 7.41. The third-order valence-corrected chi connectivity index (χ3v) is 3.91. The molecule has 1 unspecified atom stereocenters. The maximum atomic E-state index is 4.39. The highest BCUT2D eigenvalue weighted by Crippen LogP contribution is 2.21. The summed E-state index contributed by atoms with van der Waals surface area (Å²) in [4.78, 5) is 4.39. The van der Waals surface area contributed by atoms with Gasteiger partial charge in [0, 0.05) is 17.9 Å². The molecule has 0 spiro atoms. The fraction of sp³-hybridized carbons (Fsp3) is 0.400. The minimum atomic E-state index is 0.406. The average molecular weight is 260 g/mol. The van der Waals surface area contributed by atoms with Crippen LogP contribution in [-0.4, -0.2) is 11.5 Å². The average Bonchev–Trinajstić information content (AvgIpc) is 2.88. The molecule has 1 atom stereocenters. The van der Waals surface area contributed by atoms with Gasteiger partial charge in [0.15, 0.2) is 0 Å². The number of hydrogen-bond donors (Lipinski definition) is 1. The van der Waals surface area contributed by atoms with Crippen LogP contribution in [-0.2, 0) is 6.42 Å². The molecule has 2 nitrogen and oxygen atoms in total. The summed E-state index contributed by atoms with van der Waals surface area (Å²) in [5.74, 6) is 0. The molecule has 0 saturated heterocycles. The van der Waals surface area contributed by atoms with Gasteiger partial charge in [0.2, 0.25) is 0 Å². The number of aromatic nitrogens is 1. The number of nitrogens with one attached hydrogen (secondary N) is 1. The molecule has 0 aliphatic carbocycles. The SMILES string of the molecule is CCNC(CCc1ccsc1)c1cccnc1C. The Bertz CT molecular complexity index is 465. The smallest absolute Gasteiger partial charge is 0.0420 e. The minimum Gasteiger partial charge on any atom is -0.310 e. The topological polar surface area (TPSA) is 24.9 Å². The molecular weight excluding hydrogens is 240 g/mol. The highest BCUT2D eigenvalue weighted by Gasteiger charge is 2.13. The molecule has 3 heteroatoms. The van der Waals surface area contributed by atoms with Gasteiger partial charge in [-0.2, -0.15) is 11.3 Å². The third kappa shape index (κ3) is 3.40. The molecule has 2 rings (SSSR count). The van der Waals surface area contributed by atoms with Crippen LogP contribution in [0.2, 0.25) is 0 Å². The second-order valence-electron chi connectivity index (χ2n) is 4.46. The maximum absolute atomic E-state index is 4.39. The Labute approximate surface area is 113 Å². The van der Waals surface area contributed by atoms with Crippen LogP contribution in [0.3, 0.4) is 0 Å². The summed E-state index contributed by atoms with van der Waals surface area (Å²) in [6, 6.07) is 6.83. The van der Waals surface area contributed by atoms with E-state index in [1.807, 2.05) is 12.3 Å². The van der Waals surface area contributed by atoms with Crippen LogP contribution in [0.5, 0.6) is 0 Å². The zero-order valence-corrected chi connectivity index (χ0v) is 11.8. The Hall–Kier alpha value is -1.19. The van der Waals surface area contributed by atoms with Crippen molar-refractivity contribution in [2.24, 2.45) is 0 Å². The predicted molar refractivity (Wildman–Crippen MR) is 78.0 cm³/mol. The van der Waals surface area contributed by atoms with Crippen LogP contribution in [0.4, 0.5) is 0 Å². The van der Waals surface area contributed by atoms with Gasteiger partial charge in [-0.15, -0.1) is 0 Å². The van der Waals surface area contributed by atoms with Gasteiger partial charge in [-0.25, -0.2) is 0 Å². The van der Waals surface area contributed by atoms with E-state index in [9.17, 15) is 0 Å². The summed E-state index contributed by atoms with van der Waals surface area (Å²) in [6.45, 7) is 5.23. The van der Waals surface area contributed by atoms with E-state index in [1.54, 1.807) is 11.3 Å². The van der Waals surface area contributed by atoms with Crippen molar-refractivity contribution < 1.29 is 0 Å². The highest BCUT2D eigenvalue weighted by molar-refractivity contribution is 7.07. The van der Waals surface area contributed by atoms with Crippen LogP contribution < -0.4 is 5.32 Å². The molecular formula is C15H20N2S. The fourth-order valence-electron chi connectivity index (χ4n) is 2.22. The Balaban J connectivity index is 2.06. The first-order chi connectivity index (χ1) is 8.81.